The van der Waals surface area contributed by atoms with Gasteiger partial charge in [0, 0.05) is 35.4 Å². The Labute approximate surface area is 144 Å². The normalized spacial score (nSPS) is 14.6. The molecular weight excluding hydrogens is 356 g/mol. The van der Waals surface area contributed by atoms with E-state index in [4.69, 9.17) is 4.74 Å². The molecule has 0 saturated carbocycles. The number of rotatable bonds is 4. The standard InChI is InChI=1S/C18H19BrN2O2/c19-16-3-1-2-15(12-16)18(22)20-13-14-4-6-17(7-5-14)21-8-10-23-11-9-21/h1-7,12H,8-11,13H2,(H,20,22). The predicted molar refractivity (Wildman–Crippen MR) is 94.8 cm³/mol. The topological polar surface area (TPSA) is 41.6 Å². The van der Waals surface area contributed by atoms with Gasteiger partial charge in [0.05, 0.1) is 13.2 Å². The van der Waals surface area contributed by atoms with Crippen LogP contribution in [0, 0.1) is 0 Å². The summed E-state index contributed by atoms with van der Waals surface area (Å²) in [5, 5.41) is 2.95. The van der Waals surface area contributed by atoms with Crippen LogP contribution in [0.5, 0.6) is 0 Å². The Bertz CT molecular complexity index is 667. The van der Waals surface area contributed by atoms with Gasteiger partial charge >= 0.3 is 0 Å². The average molecular weight is 375 g/mol. The number of nitrogens with zero attached hydrogens (tertiary/aromatic N) is 1. The minimum absolute atomic E-state index is 0.0662. The highest BCUT2D eigenvalue weighted by molar-refractivity contribution is 9.10. The van der Waals surface area contributed by atoms with Gasteiger partial charge < -0.3 is 15.0 Å². The molecule has 0 radical (unpaired) electrons. The van der Waals surface area contributed by atoms with E-state index >= 15 is 0 Å². The van der Waals surface area contributed by atoms with E-state index in [1.54, 1.807) is 0 Å². The van der Waals surface area contributed by atoms with Crippen molar-refractivity contribution in [1.29, 1.82) is 0 Å². The third kappa shape index (κ3) is 4.33. The van der Waals surface area contributed by atoms with Gasteiger partial charge in [-0.15, -0.1) is 0 Å². The van der Waals surface area contributed by atoms with Gasteiger partial charge in [0.25, 0.3) is 5.91 Å². The number of carbonyl (C=O) groups is 1. The second-order valence-electron chi connectivity index (χ2n) is 5.46. The van der Waals surface area contributed by atoms with Crippen LogP contribution in [0.15, 0.2) is 53.0 Å². The van der Waals surface area contributed by atoms with Crippen molar-refractivity contribution in [2.75, 3.05) is 31.2 Å². The fourth-order valence-corrected chi connectivity index (χ4v) is 2.96. The molecule has 1 amide bonds. The zero-order valence-electron chi connectivity index (χ0n) is 12.8. The summed E-state index contributed by atoms with van der Waals surface area (Å²) in [4.78, 5) is 14.4. The predicted octanol–water partition coefficient (Wildman–Crippen LogP) is 3.22. The Morgan fingerprint density at radius 3 is 2.57 bits per heavy atom. The number of hydrogen-bond donors (Lipinski definition) is 1. The molecule has 23 heavy (non-hydrogen) atoms. The summed E-state index contributed by atoms with van der Waals surface area (Å²) in [6, 6.07) is 15.7. The van der Waals surface area contributed by atoms with E-state index in [0.29, 0.717) is 12.1 Å². The van der Waals surface area contributed by atoms with Gasteiger partial charge in [-0.3, -0.25) is 4.79 Å². The quantitative estimate of drug-likeness (QED) is 0.893. The minimum atomic E-state index is -0.0662. The van der Waals surface area contributed by atoms with Gasteiger partial charge in [-0.1, -0.05) is 34.1 Å². The number of carbonyl (C=O) groups excluding carboxylic acids is 1. The van der Waals surface area contributed by atoms with Gasteiger partial charge in [-0.2, -0.15) is 0 Å². The summed E-state index contributed by atoms with van der Waals surface area (Å²) < 4.78 is 6.27. The zero-order chi connectivity index (χ0) is 16.1. The fourth-order valence-electron chi connectivity index (χ4n) is 2.56. The van der Waals surface area contributed by atoms with Gasteiger partial charge in [0.1, 0.15) is 0 Å². The van der Waals surface area contributed by atoms with Crippen molar-refractivity contribution < 1.29 is 9.53 Å². The number of ether oxygens (including phenoxy) is 1. The molecule has 1 N–H and O–H groups in total. The first-order valence-electron chi connectivity index (χ1n) is 7.68. The number of nitrogens with one attached hydrogen (secondary N) is 1. The van der Waals surface area contributed by atoms with Gasteiger partial charge in [-0.25, -0.2) is 0 Å². The lowest BCUT2D eigenvalue weighted by Gasteiger charge is -2.28. The lowest BCUT2D eigenvalue weighted by Crippen LogP contribution is -2.36. The molecule has 2 aromatic carbocycles. The molecule has 1 heterocycles. The summed E-state index contributed by atoms with van der Waals surface area (Å²) in [5.74, 6) is -0.0662. The molecule has 0 aromatic heterocycles. The Morgan fingerprint density at radius 2 is 1.87 bits per heavy atom. The summed E-state index contributed by atoms with van der Waals surface area (Å²) >= 11 is 3.38. The van der Waals surface area contributed by atoms with E-state index < -0.39 is 0 Å². The van der Waals surface area contributed by atoms with Crippen LogP contribution in [-0.4, -0.2) is 32.2 Å². The molecule has 1 saturated heterocycles. The minimum Gasteiger partial charge on any atom is -0.378 e. The summed E-state index contributed by atoms with van der Waals surface area (Å²) in [6.07, 6.45) is 0. The third-order valence-electron chi connectivity index (χ3n) is 3.85. The average Bonchev–Trinajstić information content (AvgIpc) is 2.61. The molecule has 0 unspecified atom stereocenters. The molecule has 1 aliphatic rings. The first-order valence-corrected chi connectivity index (χ1v) is 8.47. The van der Waals surface area contributed by atoms with Gasteiger partial charge in [0.2, 0.25) is 0 Å². The largest absolute Gasteiger partial charge is 0.378 e. The van der Waals surface area contributed by atoms with Crippen LogP contribution in [0.4, 0.5) is 5.69 Å². The number of morpholine rings is 1. The Balaban J connectivity index is 1.57. The molecule has 1 aliphatic heterocycles. The highest BCUT2D eigenvalue weighted by atomic mass is 79.9. The molecule has 1 fully saturated rings. The number of halogens is 1. The first kappa shape index (κ1) is 16.0. The van der Waals surface area contributed by atoms with Crippen LogP contribution in [0.2, 0.25) is 0 Å². The highest BCUT2D eigenvalue weighted by Gasteiger charge is 2.11. The van der Waals surface area contributed by atoms with Crippen molar-refractivity contribution in [3.05, 3.63) is 64.1 Å². The second kappa shape index (κ2) is 7.62. The van der Waals surface area contributed by atoms with Crippen LogP contribution in [0.3, 0.4) is 0 Å². The molecule has 5 heteroatoms. The molecule has 0 aliphatic carbocycles. The lowest BCUT2D eigenvalue weighted by atomic mass is 10.1. The van der Waals surface area contributed by atoms with Crippen molar-refractivity contribution in [1.82, 2.24) is 5.32 Å². The van der Waals surface area contributed by atoms with Crippen LogP contribution >= 0.6 is 15.9 Å². The maximum absolute atomic E-state index is 12.1. The van der Waals surface area contributed by atoms with Crippen LogP contribution in [0.1, 0.15) is 15.9 Å². The van der Waals surface area contributed by atoms with Crippen molar-refractivity contribution in [2.45, 2.75) is 6.54 Å². The van der Waals surface area contributed by atoms with Crippen molar-refractivity contribution in [3.8, 4) is 0 Å². The monoisotopic (exact) mass is 374 g/mol. The Hall–Kier alpha value is -1.85. The molecule has 4 nitrogen and oxygen atoms in total. The van der Waals surface area contributed by atoms with Crippen LogP contribution in [-0.2, 0) is 11.3 Å². The smallest absolute Gasteiger partial charge is 0.251 e. The summed E-state index contributed by atoms with van der Waals surface area (Å²) in [5.41, 5.74) is 2.95. The zero-order valence-corrected chi connectivity index (χ0v) is 14.4. The molecule has 2 aromatic rings. The van der Waals surface area contributed by atoms with E-state index in [2.05, 4.69) is 50.4 Å². The molecule has 0 atom stereocenters. The number of amides is 1. The molecule has 120 valence electrons. The Kier molecular flexibility index (Phi) is 5.31. The van der Waals surface area contributed by atoms with Gasteiger partial charge in [0.15, 0.2) is 0 Å². The van der Waals surface area contributed by atoms with E-state index in [1.165, 1.54) is 5.69 Å². The van der Waals surface area contributed by atoms with Crippen LogP contribution < -0.4 is 10.2 Å². The lowest BCUT2D eigenvalue weighted by molar-refractivity contribution is 0.0951. The van der Waals surface area contributed by atoms with Crippen LogP contribution in [0.25, 0.3) is 0 Å². The van der Waals surface area contributed by atoms with E-state index in [1.807, 2.05) is 24.3 Å². The molecule has 0 bridgehead atoms. The fraction of sp³-hybridized carbons (Fsp3) is 0.278. The SMILES string of the molecule is O=C(NCc1ccc(N2CCOCC2)cc1)c1cccc(Br)c1. The number of benzene rings is 2. The number of hydrogen-bond acceptors (Lipinski definition) is 3. The Morgan fingerprint density at radius 1 is 1.13 bits per heavy atom. The van der Waals surface area contributed by atoms with Crippen molar-refractivity contribution >= 4 is 27.5 Å². The second-order valence-corrected chi connectivity index (χ2v) is 6.37. The van der Waals surface area contributed by atoms with E-state index in [-0.39, 0.29) is 5.91 Å². The third-order valence-corrected chi connectivity index (χ3v) is 4.35. The first-order chi connectivity index (χ1) is 11.2. The van der Waals surface area contributed by atoms with Gasteiger partial charge in [-0.05, 0) is 35.9 Å². The maximum Gasteiger partial charge on any atom is 0.251 e. The molecule has 3 rings (SSSR count). The number of anilines is 1. The molecule has 0 spiro atoms. The van der Waals surface area contributed by atoms with Crippen molar-refractivity contribution in [3.63, 3.8) is 0 Å². The van der Waals surface area contributed by atoms with Crippen molar-refractivity contribution in [2.24, 2.45) is 0 Å². The van der Waals surface area contributed by atoms with E-state index in [0.717, 1.165) is 36.3 Å². The highest BCUT2D eigenvalue weighted by Crippen LogP contribution is 2.17. The van der Waals surface area contributed by atoms with E-state index in [9.17, 15) is 4.79 Å². The summed E-state index contributed by atoms with van der Waals surface area (Å²) in [6.45, 7) is 3.95. The maximum atomic E-state index is 12.1. The summed E-state index contributed by atoms with van der Waals surface area (Å²) in [7, 11) is 0. The molecular formula is C18H19BrN2O2.